The summed E-state index contributed by atoms with van der Waals surface area (Å²) in [5.41, 5.74) is 25.4. The van der Waals surface area contributed by atoms with Crippen LogP contribution in [0.25, 0.3) is 50.1 Å². The third-order valence-electron chi connectivity index (χ3n) is 15.6. The fourth-order valence-corrected chi connectivity index (χ4v) is 12.1. The highest BCUT2D eigenvalue weighted by Gasteiger charge is 2.46. The first-order valence-corrected chi connectivity index (χ1v) is 24.2. The predicted octanol–water partition coefficient (Wildman–Crippen LogP) is 17.4. The van der Waals surface area contributed by atoms with Crippen LogP contribution in [0.15, 0.2) is 236 Å². The van der Waals surface area contributed by atoms with Crippen LogP contribution in [-0.4, -0.2) is 6.04 Å². The Hall–Kier alpha value is -7.94. The lowest BCUT2D eigenvalue weighted by molar-refractivity contribution is 0.639. The minimum atomic E-state index is -0.110. The molecule has 2 atom stereocenters. The molecule has 4 aliphatic rings. The summed E-state index contributed by atoms with van der Waals surface area (Å²) < 4.78 is 0. The van der Waals surface area contributed by atoms with Gasteiger partial charge in [0.05, 0.1) is 6.04 Å². The molecule has 3 aliphatic carbocycles. The third-order valence-corrected chi connectivity index (χ3v) is 15.6. The molecule has 0 saturated carbocycles. The average Bonchev–Trinajstić information content (AvgIpc) is 3.92. The maximum atomic E-state index is 2.58. The molecule has 1 heterocycles. The van der Waals surface area contributed by atoms with Crippen LogP contribution in [0, 0.1) is 0 Å². The lowest BCUT2D eigenvalue weighted by Crippen LogP contribution is -2.31. The number of rotatable bonds is 7. The Labute approximate surface area is 400 Å². The molecule has 0 bridgehead atoms. The number of fused-ring (bicyclic) bond motifs is 9. The average molecular weight is 873 g/mol. The van der Waals surface area contributed by atoms with E-state index in [4.69, 9.17) is 0 Å². The van der Waals surface area contributed by atoms with Crippen molar-refractivity contribution in [3.05, 3.63) is 264 Å². The lowest BCUT2D eigenvalue weighted by Gasteiger charge is -2.33. The van der Waals surface area contributed by atoms with Crippen LogP contribution in [0.4, 0.5) is 28.4 Å². The summed E-state index contributed by atoms with van der Waals surface area (Å²) in [5.74, 6) is 0.287. The summed E-state index contributed by atoms with van der Waals surface area (Å²) in [6, 6.07) is 81.2. The van der Waals surface area contributed by atoms with Crippen molar-refractivity contribution in [2.24, 2.45) is 0 Å². The standard InChI is InChI=1S/C66H52N2/c1-65(2)59-25-11-8-22-53(59)55-37-36-52(40-61(55)65)67(49-32-28-44(29-33-49)43-16-6-5-7-17-43)51-21-15-20-48(39-51)47-19-14-18-46(38-47)45-30-34-50(35-31-45)68-63-27-13-10-24-56(63)58-41-57-54-23-9-12-26-60(54)66(3,4)62(57)42-64(58)68/h5-42,58,64H,1-4H3. The van der Waals surface area contributed by atoms with Gasteiger partial charge in [0.15, 0.2) is 0 Å². The van der Waals surface area contributed by atoms with E-state index in [0.717, 1.165) is 17.1 Å². The number of para-hydroxylation sites is 1. The molecule has 9 aromatic carbocycles. The van der Waals surface area contributed by atoms with Gasteiger partial charge in [-0.2, -0.15) is 0 Å². The van der Waals surface area contributed by atoms with Crippen LogP contribution in [0.5, 0.6) is 0 Å². The second-order valence-electron chi connectivity index (χ2n) is 20.1. The highest BCUT2D eigenvalue weighted by Crippen LogP contribution is 2.57. The van der Waals surface area contributed by atoms with Crippen molar-refractivity contribution in [1.29, 1.82) is 0 Å². The molecule has 326 valence electrons. The number of allylic oxidation sites excluding steroid dienone is 2. The molecule has 0 saturated heterocycles. The second-order valence-corrected chi connectivity index (χ2v) is 20.1. The van der Waals surface area contributed by atoms with Gasteiger partial charge in [0.1, 0.15) is 0 Å². The molecule has 0 aromatic heterocycles. The van der Waals surface area contributed by atoms with Gasteiger partial charge >= 0.3 is 0 Å². The smallest absolute Gasteiger partial charge is 0.0632 e. The maximum Gasteiger partial charge on any atom is 0.0632 e. The van der Waals surface area contributed by atoms with Gasteiger partial charge in [0.2, 0.25) is 0 Å². The van der Waals surface area contributed by atoms with Crippen molar-refractivity contribution in [2.75, 3.05) is 9.80 Å². The molecule has 0 amide bonds. The largest absolute Gasteiger partial charge is 0.333 e. The molecular formula is C66H52N2. The number of nitrogens with zero attached hydrogens (tertiary/aromatic N) is 2. The minimum absolute atomic E-state index is 0.0410. The van der Waals surface area contributed by atoms with Crippen molar-refractivity contribution in [3.63, 3.8) is 0 Å². The summed E-state index contributed by atoms with van der Waals surface area (Å²) in [5, 5.41) is 0. The van der Waals surface area contributed by atoms with Crippen molar-refractivity contribution in [3.8, 4) is 44.5 Å². The highest BCUT2D eigenvalue weighted by molar-refractivity contribution is 5.94. The van der Waals surface area contributed by atoms with Gasteiger partial charge in [-0.05, 0) is 144 Å². The first-order valence-electron chi connectivity index (χ1n) is 24.2. The van der Waals surface area contributed by atoms with Crippen molar-refractivity contribution in [1.82, 2.24) is 0 Å². The fraction of sp³-hybridized carbons (Fsp3) is 0.121. The molecule has 0 fully saturated rings. The van der Waals surface area contributed by atoms with Crippen LogP contribution >= 0.6 is 0 Å². The van der Waals surface area contributed by atoms with E-state index in [1.54, 1.807) is 0 Å². The van der Waals surface area contributed by atoms with Gasteiger partial charge in [-0.1, -0.05) is 198 Å². The lowest BCUT2D eigenvalue weighted by atomic mass is 9.77. The van der Waals surface area contributed by atoms with Crippen LogP contribution in [0.3, 0.4) is 0 Å². The maximum absolute atomic E-state index is 2.58. The SMILES string of the molecule is CC1(C)C2=CC3C(C=C2c2ccccc21)c1ccccc1N3c1ccc(-c2cccc(-c3cccc(N(c4ccc(-c5ccccc5)cc4)c4ccc5c(c4)C(C)(C)c4ccccc4-5)c3)c2)cc1. The topological polar surface area (TPSA) is 6.48 Å². The summed E-state index contributed by atoms with van der Waals surface area (Å²) in [6.45, 7) is 9.50. The van der Waals surface area contributed by atoms with E-state index in [9.17, 15) is 0 Å². The molecule has 0 radical (unpaired) electrons. The van der Waals surface area contributed by atoms with Gasteiger partial charge in [-0.15, -0.1) is 0 Å². The molecule has 13 rings (SSSR count). The van der Waals surface area contributed by atoms with E-state index in [2.05, 4.69) is 268 Å². The van der Waals surface area contributed by atoms with E-state index in [1.165, 1.54) is 94.8 Å². The Balaban J connectivity index is 0.840. The Morgan fingerprint density at radius 2 is 0.926 bits per heavy atom. The molecule has 68 heavy (non-hydrogen) atoms. The van der Waals surface area contributed by atoms with Crippen molar-refractivity contribution < 1.29 is 0 Å². The van der Waals surface area contributed by atoms with Gasteiger partial charge in [0.25, 0.3) is 0 Å². The summed E-state index contributed by atoms with van der Waals surface area (Å²) in [4.78, 5) is 5.00. The monoisotopic (exact) mass is 872 g/mol. The first kappa shape index (κ1) is 40.3. The van der Waals surface area contributed by atoms with E-state index in [1.807, 2.05) is 0 Å². The first-order chi connectivity index (χ1) is 33.2. The van der Waals surface area contributed by atoms with E-state index >= 15 is 0 Å². The number of hydrogen-bond donors (Lipinski definition) is 0. The molecule has 2 nitrogen and oxygen atoms in total. The van der Waals surface area contributed by atoms with Crippen LogP contribution in [-0.2, 0) is 10.8 Å². The van der Waals surface area contributed by atoms with Crippen LogP contribution < -0.4 is 9.80 Å². The van der Waals surface area contributed by atoms with Gasteiger partial charge < -0.3 is 9.80 Å². The predicted molar refractivity (Wildman–Crippen MR) is 286 cm³/mol. The Bertz CT molecular complexity index is 3520. The Morgan fingerprint density at radius 3 is 1.71 bits per heavy atom. The third kappa shape index (κ3) is 6.24. The minimum Gasteiger partial charge on any atom is -0.333 e. The summed E-state index contributed by atoms with van der Waals surface area (Å²) in [7, 11) is 0. The molecule has 0 spiro atoms. The quantitative estimate of drug-likeness (QED) is 0.157. The van der Waals surface area contributed by atoms with E-state index in [0.29, 0.717) is 0 Å². The Morgan fingerprint density at radius 1 is 0.382 bits per heavy atom. The molecule has 0 N–H and O–H groups in total. The van der Waals surface area contributed by atoms with E-state index in [-0.39, 0.29) is 22.8 Å². The number of benzene rings is 9. The normalized spacial score (nSPS) is 17.5. The zero-order chi connectivity index (χ0) is 45.7. The fourth-order valence-electron chi connectivity index (χ4n) is 12.1. The number of hydrogen-bond acceptors (Lipinski definition) is 2. The van der Waals surface area contributed by atoms with Gasteiger partial charge in [-0.25, -0.2) is 0 Å². The second kappa shape index (κ2) is 15.3. The van der Waals surface area contributed by atoms with Crippen molar-refractivity contribution in [2.45, 2.75) is 50.5 Å². The molecule has 1 aliphatic heterocycles. The summed E-state index contributed by atoms with van der Waals surface area (Å²) in [6.07, 6.45) is 5.14. The van der Waals surface area contributed by atoms with Crippen LogP contribution in [0.1, 0.15) is 61.4 Å². The molecular weight excluding hydrogens is 821 g/mol. The zero-order valence-corrected chi connectivity index (χ0v) is 39.0. The van der Waals surface area contributed by atoms with Crippen LogP contribution in [0.2, 0.25) is 0 Å². The molecule has 2 heteroatoms. The number of anilines is 5. The highest BCUT2D eigenvalue weighted by atomic mass is 15.2. The zero-order valence-electron chi connectivity index (χ0n) is 39.0. The Kier molecular flexibility index (Phi) is 9.08. The van der Waals surface area contributed by atoms with Gasteiger partial charge in [-0.3, -0.25) is 0 Å². The van der Waals surface area contributed by atoms with Gasteiger partial charge in [0, 0.05) is 45.2 Å². The van der Waals surface area contributed by atoms with E-state index < -0.39 is 0 Å². The molecule has 9 aromatic rings. The molecule has 2 unspecified atom stereocenters. The van der Waals surface area contributed by atoms with Crippen molar-refractivity contribution >= 4 is 34.0 Å². The summed E-state index contributed by atoms with van der Waals surface area (Å²) >= 11 is 0.